The minimum Gasteiger partial charge on any atom is -0.464 e. The van der Waals surface area contributed by atoms with E-state index in [1.54, 1.807) is 0 Å². The Hall–Kier alpha value is -1.29. The highest BCUT2D eigenvalue weighted by atomic mass is 16.3. The Kier molecular flexibility index (Phi) is 2.29. The summed E-state index contributed by atoms with van der Waals surface area (Å²) in [6.07, 6.45) is 0. The molecule has 2 heterocycles. The first-order valence-corrected chi connectivity index (χ1v) is 4.77. The second kappa shape index (κ2) is 3.46. The van der Waals surface area contributed by atoms with Crippen LogP contribution in [0.4, 0.5) is 0 Å². The fourth-order valence-corrected chi connectivity index (χ4v) is 1.60. The van der Waals surface area contributed by atoms with Gasteiger partial charge in [0.15, 0.2) is 0 Å². The van der Waals surface area contributed by atoms with Crippen LogP contribution in [-0.4, -0.2) is 18.5 Å². The highest BCUT2D eigenvalue weighted by molar-refractivity contribution is 5.83. The highest BCUT2D eigenvalue weighted by Crippen LogP contribution is 2.18. The molecule has 1 fully saturated rings. The van der Waals surface area contributed by atoms with Crippen LogP contribution in [0.2, 0.25) is 0 Å². The monoisotopic (exact) mass is 194 g/mol. The van der Waals surface area contributed by atoms with Crippen molar-refractivity contribution in [3.8, 4) is 0 Å². The van der Waals surface area contributed by atoms with E-state index in [2.05, 4.69) is 10.6 Å². The van der Waals surface area contributed by atoms with E-state index < -0.39 is 0 Å². The summed E-state index contributed by atoms with van der Waals surface area (Å²) in [6.45, 7) is 4.61. The van der Waals surface area contributed by atoms with Crippen LogP contribution in [0.3, 0.4) is 0 Å². The van der Waals surface area contributed by atoms with Gasteiger partial charge in [0.25, 0.3) is 0 Å². The minimum absolute atomic E-state index is 0.0156. The summed E-state index contributed by atoms with van der Waals surface area (Å²) in [5, 5.41) is 6.02. The Bertz CT molecular complexity index is 346. The summed E-state index contributed by atoms with van der Waals surface area (Å²) in [6, 6.07) is 3.56. The molecule has 0 aromatic carbocycles. The van der Waals surface area contributed by atoms with Crippen molar-refractivity contribution < 1.29 is 9.21 Å². The lowest BCUT2D eigenvalue weighted by atomic mass is 10.1. The van der Waals surface area contributed by atoms with Gasteiger partial charge in [0, 0.05) is 12.6 Å². The van der Waals surface area contributed by atoms with Gasteiger partial charge < -0.3 is 9.73 Å². The molecule has 2 unspecified atom stereocenters. The second-order valence-electron chi connectivity index (χ2n) is 3.70. The van der Waals surface area contributed by atoms with Gasteiger partial charge >= 0.3 is 0 Å². The second-order valence-corrected chi connectivity index (χ2v) is 3.70. The Morgan fingerprint density at radius 1 is 1.50 bits per heavy atom. The minimum atomic E-state index is -0.333. The van der Waals surface area contributed by atoms with Crippen LogP contribution in [0.5, 0.6) is 0 Å². The predicted molar refractivity (Wildman–Crippen MR) is 51.8 cm³/mol. The highest BCUT2D eigenvalue weighted by Gasteiger charge is 2.28. The van der Waals surface area contributed by atoms with Gasteiger partial charge in [-0.05, 0) is 26.0 Å². The van der Waals surface area contributed by atoms with E-state index in [0.29, 0.717) is 5.76 Å². The Morgan fingerprint density at radius 3 is 2.86 bits per heavy atom. The molecule has 1 aliphatic heterocycles. The molecule has 76 valence electrons. The van der Waals surface area contributed by atoms with Crippen LogP contribution >= 0.6 is 0 Å². The van der Waals surface area contributed by atoms with Gasteiger partial charge in [-0.15, -0.1) is 0 Å². The van der Waals surface area contributed by atoms with E-state index >= 15 is 0 Å². The molecule has 4 heteroatoms. The van der Waals surface area contributed by atoms with Crippen LogP contribution in [0.25, 0.3) is 0 Å². The first kappa shape index (κ1) is 9.27. The number of hydrogen-bond donors (Lipinski definition) is 2. The first-order valence-electron chi connectivity index (χ1n) is 4.77. The Labute approximate surface area is 82.7 Å². The lowest BCUT2D eigenvalue weighted by Crippen LogP contribution is -2.52. The number of nitrogens with one attached hydrogen (secondary N) is 2. The van der Waals surface area contributed by atoms with Gasteiger partial charge in [-0.2, -0.15) is 0 Å². The zero-order chi connectivity index (χ0) is 10.1. The standard InChI is InChI=1S/C10H14N2O2/c1-6-5-11-9(10(13)12-6)8-4-3-7(2)14-8/h3-4,6,9,11H,5H2,1-2H3,(H,12,13). The topological polar surface area (TPSA) is 54.3 Å². The van der Waals surface area contributed by atoms with Crippen LogP contribution in [0.1, 0.15) is 24.5 Å². The van der Waals surface area contributed by atoms with Gasteiger partial charge in [0.1, 0.15) is 17.6 Å². The third-order valence-corrected chi connectivity index (χ3v) is 2.32. The zero-order valence-corrected chi connectivity index (χ0v) is 8.33. The SMILES string of the molecule is Cc1ccc(C2NCC(C)NC2=O)o1. The quantitative estimate of drug-likeness (QED) is 0.693. The number of furan rings is 1. The lowest BCUT2D eigenvalue weighted by molar-refractivity contribution is -0.125. The Balaban J connectivity index is 2.15. The lowest BCUT2D eigenvalue weighted by Gasteiger charge is -2.26. The first-order chi connectivity index (χ1) is 6.66. The number of aryl methyl sites for hydroxylation is 1. The summed E-state index contributed by atoms with van der Waals surface area (Å²) < 4.78 is 5.41. The smallest absolute Gasteiger partial charge is 0.245 e. The maximum absolute atomic E-state index is 11.6. The fraction of sp³-hybridized carbons (Fsp3) is 0.500. The van der Waals surface area contributed by atoms with Crippen LogP contribution in [0, 0.1) is 6.92 Å². The van der Waals surface area contributed by atoms with E-state index in [4.69, 9.17) is 4.42 Å². The third kappa shape index (κ3) is 1.65. The molecule has 4 nitrogen and oxygen atoms in total. The van der Waals surface area contributed by atoms with E-state index in [-0.39, 0.29) is 18.0 Å². The molecule has 1 amide bonds. The van der Waals surface area contributed by atoms with Gasteiger partial charge in [-0.1, -0.05) is 0 Å². The molecule has 1 saturated heterocycles. The van der Waals surface area contributed by atoms with Crippen molar-refractivity contribution >= 4 is 5.91 Å². The van der Waals surface area contributed by atoms with E-state index in [1.807, 2.05) is 26.0 Å². The summed E-state index contributed by atoms with van der Waals surface area (Å²) in [4.78, 5) is 11.6. The summed E-state index contributed by atoms with van der Waals surface area (Å²) in [5.74, 6) is 1.50. The van der Waals surface area contributed by atoms with Crippen LogP contribution < -0.4 is 10.6 Å². The molecule has 1 aliphatic rings. The van der Waals surface area contributed by atoms with Crippen molar-refractivity contribution in [1.82, 2.24) is 10.6 Å². The van der Waals surface area contributed by atoms with Gasteiger partial charge in [0.2, 0.25) is 5.91 Å². The van der Waals surface area contributed by atoms with Gasteiger partial charge in [0.05, 0.1) is 0 Å². The van der Waals surface area contributed by atoms with Crippen LogP contribution in [-0.2, 0) is 4.79 Å². The average Bonchev–Trinajstić information content (AvgIpc) is 2.51. The van der Waals surface area contributed by atoms with Crippen LogP contribution in [0.15, 0.2) is 16.5 Å². The predicted octanol–water partition coefficient (Wildman–Crippen LogP) is 0.737. The Morgan fingerprint density at radius 2 is 2.29 bits per heavy atom. The summed E-state index contributed by atoms with van der Waals surface area (Å²) in [5.41, 5.74) is 0. The van der Waals surface area contributed by atoms with E-state index in [1.165, 1.54) is 0 Å². The molecule has 1 aromatic heterocycles. The number of amides is 1. The maximum Gasteiger partial charge on any atom is 0.245 e. The third-order valence-electron chi connectivity index (χ3n) is 2.32. The molecule has 0 bridgehead atoms. The number of rotatable bonds is 1. The molecule has 2 atom stereocenters. The number of piperazine rings is 1. The summed E-state index contributed by atoms with van der Waals surface area (Å²) >= 11 is 0. The van der Waals surface area contributed by atoms with Crippen molar-refractivity contribution in [1.29, 1.82) is 0 Å². The zero-order valence-electron chi connectivity index (χ0n) is 8.33. The van der Waals surface area contributed by atoms with E-state index in [9.17, 15) is 4.79 Å². The average molecular weight is 194 g/mol. The number of carbonyl (C=O) groups is 1. The van der Waals surface area contributed by atoms with Crippen molar-refractivity contribution in [3.63, 3.8) is 0 Å². The molecular weight excluding hydrogens is 180 g/mol. The molecule has 0 spiro atoms. The molecule has 2 rings (SSSR count). The van der Waals surface area contributed by atoms with Gasteiger partial charge in [-0.3, -0.25) is 10.1 Å². The van der Waals surface area contributed by atoms with Crippen molar-refractivity contribution in [2.45, 2.75) is 25.9 Å². The fourth-order valence-electron chi connectivity index (χ4n) is 1.60. The molecule has 1 aromatic rings. The molecule has 2 N–H and O–H groups in total. The number of carbonyl (C=O) groups excluding carboxylic acids is 1. The number of hydrogen-bond acceptors (Lipinski definition) is 3. The van der Waals surface area contributed by atoms with E-state index in [0.717, 1.165) is 12.3 Å². The molecule has 0 saturated carbocycles. The summed E-state index contributed by atoms with van der Waals surface area (Å²) in [7, 11) is 0. The molecule has 14 heavy (non-hydrogen) atoms. The molecule has 0 aliphatic carbocycles. The van der Waals surface area contributed by atoms with Crippen molar-refractivity contribution in [2.24, 2.45) is 0 Å². The maximum atomic E-state index is 11.6. The van der Waals surface area contributed by atoms with Crippen molar-refractivity contribution in [2.75, 3.05) is 6.54 Å². The van der Waals surface area contributed by atoms with Gasteiger partial charge in [-0.25, -0.2) is 0 Å². The largest absolute Gasteiger partial charge is 0.464 e. The normalized spacial score (nSPS) is 27.4. The molecule has 0 radical (unpaired) electrons. The molecular formula is C10H14N2O2. The van der Waals surface area contributed by atoms with Crippen molar-refractivity contribution in [3.05, 3.63) is 23.7 Å².